The van der Waals surface area contributed by atoms with E-state index in [-0.39, 0.29) is 5.69 Å². The number of carboxylic acid groups (broad SMARTS) is 1. The zero-order chi connectivity index (χ0) is 21.4. The second kappa shape index (κ2) is 10.4. The first-order valence-corrected chi connectivity index (χ1v) is 9.44. The molecule has 1 atom stereocenters. The fraction of sp³-hybridized carbons (Fsp3) is 0.400. The Morgan fingerprint density at radius 2 is 1.83 bits per heavy atom. The Bertz CT molecular complexity index is 843. The summed E-state index contributed by atoms with van der Waals surface area (Å²) in [7, 11) is 0. The van der Waals surface area contributed by atoms with Crippen LogP contribution in [-0.4, -0.2) is 63.9 Å². The van der Waals surface area contributed by atoms with Crippen molar-refractivity contribution >= 4 is 23.5 Å². The van der Waals surface area contributed by atoms with Crippen molar-refractivity contribution in [2.45, 2.75) is 26.8 Å². The minimum absolute atomic E-state index is 0.0954. The summed E-state index contributed by atoms with van der Waals surface area (Å²) in [5, 5.41) is 15.6. The Balaban J connectivity index is 1.90. The molecule has 0 bridgehead atoms. The number of hydrogen-bond acceptors (Lipinski definition) is 6. The van der Waals surface area contributed by atoms with Gasteiger partial charge in [0.1, 0.15) is 12.6 Å². The van der Waals surface area contributed by atoms with E-state index in [1.165, 1.54) is 23.9 Å². The molecule has 0 saturated carbocycles. The molecule has 9 heteroatoms. The van der Waals surface area contributed by atoms with Crippen LogP contribution in [-0.2, 0) is 9.53 Å². The van der Waals surface area contributed by atoms with E-state index >= 15 is 0 Å². The van der Waals surface area contributed by atoms with Gasteiger partial charge in [0.25, 0.3) is 5.91 Å². The van der Waals surface area contributed by atoms with Gasteiger partial charge in [-0.15, -0.1) is 0 Å². The molecule has 1 aromatic heterocycles. The number of carbonyl (C=O) groups excluding carboxylic acids is 2. The molecule has 0 aliphatic rings. The van der Waals surface area contributed by atoms with E-state index in [0.29, 0.717) is 24.4 Å². The number of aromatic nitrogens is 2. The molecule has 1 heterocycles. The number of carbonyl (C=O) groups is 3. The average Bonchev–Trinajstić information content (AvgIpc) is 3.21. The topological polar surface area (TPSA) is 114 Å². The monoisotopic (exact) mass is 402 g/mol. The minimum Gasteiger partial charge on any atom is -0.480 e. The molecule has 0 aliphatic heterocycles. The molecular weight excluding hydrogens is 376 g/mol. The maximum absolute atomic E-state index is 12.3. The Hall–Kier alpha value is -3.20. The number of nitrogens with zero attached hydrogens (tertiary/aromatic N) is 3. The number of aliphatic carboxylic acids is 1. The first kappa shape index (κ1) is 22.1. The second-order valence-electron chi connectivity index (χ2n) is 6.39. The molecule has 2 aromatic rings. The first-order chi connectivity index (χ1) is 13.8. The van der Waals surface area contributed by atoms with Crippen LogP contribution in [0.3, 0.4) is 0 Å². The molecule has 0 fully saturated rings. The predicted molar refractivity (Wildman–Crippen MR) is 107 cm³/mol. The largest absolute Gasteiger partial charge is 0.480 e. The smallest absolute Gasteiger partial charge is 0.338 e. The molecule has 156 valence electrons. The summed E-state index contributed by atoms with van der Waals surface area (Å²) in [4.78, 5) is 37.5. The van der Waals surface area contributed by atoms with E-state index < -0.39 is 23.9 Å². The van der Waals surface area contributed by atoms with E-state index in [2.05, 4.69) is 29.2 Å². The zero-order valence-electron chi connectivity index (χ0n) is 16.8. The Morgan fingerprint density at radius 1 is 1.17 bits per heavy atom. The summed E-state index contributed by atoms with van der Waals surface area (Å²) in [6.07, 6.45) is 1.44. The molecule has 0 saturated heterocycles. The highest BCUT2D eigenvalue weighted by atomic mass is 16.5. The number of benzene rings is 1. The van der Waals surface area contributed by atoms with E-state index in [4.69, 9.17) is 9.84 Å². The van der Waals surface area contributed by atoms with Crippen LogP contribution in [0.25, 0.3) is 0 Å². The number of rotatable bonds is 10. The van der Waals surface area contributed by atoms with E-state index in [1.807, 2.05) is 0 Å². The number of esters is 1. The van der Waals surface area contributed by atoms with Crippen molar-refractivity contribution in [3.05, 3.63) is 47.8 Å². The summed E-state index contributed by atoms with van der Waals surface area (Å²) in [5.74, 6) is -1.94. The SMILES string of the molecule is CCN(CC)CCOC(=O)c1ccc(NC(=O)c2ccn(C(C)C(=O)O)n2)cc1. The lowest BCUT2D eigenvalue weighted by atomic mass is 10.2. The van der Waals surface area contributed by atoms with Crippen molar-refractivity contribution in [1.29, 1.82) is 0 Å². The van der Waals surface area contributed by atoms with Crippen LogP contribution in [0.5, 0.6) is 0 Å². The normalized spacial score (nSPS) is 11.9. The van der Waals surface area contributed by atoms with Crippen LogP contribution < -0.4 is 5.32 Å². The predicted octanol–water partition coefficient (Wildman–Crippen LogP) is 2.28. The van der Waals surface area contributed by atoms with Crippen molar-refractivity contribution in [2.75, 3.05) is 31.6 Å². The molecule has 1 aromatic carbocycles. The minimum atomic E-state index is -1.04. The maximum atomic E-state index is 12.3. The van der Waals surface area contributed by atoms with Crippen molar-refractivity contribution in [2.24, 2.45) is 0 Å². The lowest BCUT2D eigenvalue weighted by molar-refractivity contribution is -0.140. The van der Waals surface area contributed by atoms with Gasteiger partial charge in [0.2, 0.25) is 0 Å². The number of ether oxygens (including phenoxy) is 1. The Kier molecular flexibility index (Phi) is 7.90. The fourth-order valence-electron chi connectivity index (χ4n) is 2.56. The van der Waals surface area contributed by atoms with E-state index in [9.17, 15) is 14.4 Å². The van der Waals surface area contributed by atoms with Crippen LogP contribution in [0.15, 0.2) is 36.5 Å². The molecule has 29 heavy (non-hydrogen) atoms. The van der Waals surface area contributed by atoms with Gasteiger partial charge in [-0.1, -0.05) is 13.8 Å². The number of anilines is 1. The zero-order valence-corrected chi connectivity index (χ0v) is 16.8. The standard InChI is InChI=1S/C20H26N4O5/c1-4-23(5-2)12-13-29-20(28)15-6-8-16(9-7-15)21-18(25)17-10-11-24(22-17)14(3)19(26)27/h6-11,14H,4-5,12-13H2,1-3H3,(H,21,25)(H,26,27). The lowest BCUT2D eigenvalue weighted by Gasteiger charge is -2.17. The van der Waals surface area contributed by atoms with Crippen LogP contribution in [0.4, 0.5) is 5.69 Å². The van der Waals surface area contributed by atoms with Crippen molar-refractivity contribution in [3.63, 3.8) is 0 Å². The summed E-state index contributed by atoms with van der Waals surface area (Å²) >= 11 is 0. The maximum Gasteiger partial charge on any atom is 0.338 e. The highest BCUT2D eigenvalue weighted by molar-refractivity contribution is 6.03. The average molecular weight is 402 g/mol. The van der Waals surface area contributed by atoms with E-state index in [0.717, 1.165) is 13.1 Å². The third kappa shape index (κ3) is 6.15. The number of likely N-dealkylation sites (N-methyl/N-ethyl adjacent to an activating group) is 1. The first-order valence-electron chi connectivity index (χ1n) is 9.44. The van der Waals surface area contributed by atoms with Crippen LogP contribution in [0, 0.1) is 0 Å². The highest BCUT2D eigenvalue weighted by Crippen LogP contribution is 2.13. The molecule has 0 aliphatic carbocycles. The quantitative estimate of drug-likeness (QED) is 0.586. The highest BCUT2D eigenvalue weighted by Gasteiger charge is 2.17. The van der Waals surface area contributed by atoms with Gasteiger partial charge in [-0.2, -0.15) is 5.10 Å². The number of carboxylic acids is 1. The molecule has 1 amide bonds. The summed E-state index contributed by atoms with van der Waals surface area (Å²) in [5.41, 5.74) is 0.968. The fourth-order valence-corrected chi connectivity index (χ4v) is 2.56. The molecule has 9 nitrogen and oxygen atoms in total. The van der Waals surface area contributed by atoms with Gasteiger partial charge < -0.3 is 20.1 Å². The van der Waals surface area contributed by atoms with Gasteiger partial charge >= 0.3 is 11.9 Å². The van der Waals surface area contributed by atoms with Gasteiger partial charge in [-0.3, -0.25) is 9.48 Å². The Morgan fingerprint density at radius 3 is 2.41 bits per heavy atom. The van der Waals surface area contributed by atoms with Crippen molar-refractivity contribution < 1.29 is 24.2 Å². The van der Waals surface area contributed by atoms with Crippen molar-refractivity contribution in [1.82, 2.24) is 14.7 Å². The third-order valence-corrected chi connectivity index (χ3v) is 4.51. The molecule has 2 N–H and O–H groups in total. The third-order valence-electron chi connectivity index (χ3n) is 4.51. The second-order valence-corrected chi connectivity index (χ2v) is 6.39. The summed E-state index contributed by atoms with van der Waals surface area (Å²) in [6.45, 7) is 8.37. The Labute approximate surface area is 169 Å². The molecule has 0 spiro atoms. The van der Waals surface area contributed by atoms with Gasteiger partial charge in [0.05, 0.1) is 5.56 Å². The number of amides is 1. The van der Waals surface area contributed by atoms with Crippen molar-refractivity contribution in [3.8, 4) is 0 Å². The van der Waals surface area contributed by atoms with E-state index in [1.54, 1.807) is 24.3 Å². The van der Waals surface area contributed by atoms with Gasteiger partial charge in [-0.05, 0) is 50.3 Å². The number of hydrogen-bond donors (Lipinski definition) is 2. The summed E-state index contributed by atoms with van der Waals surface area (Å²) < 4.78 is 6.47. The van der Waals surface area contributed by atoms with Gasteiger partial charge in [0.15, 0.2) is 5.69 Å². The molecular formula is C20H26N4O5. The molecule has 1 unspecified atom stereocenters. The number of nitrogens with one attached hydrogen (secondary N) is 1. The van der Waals surface area contributed by atoms with Crippen LogP contribution in [0.1, 0.15) is 47.7 Å². The van der Waals surface area contributed by atoms with Gasteiger partial charge in [0, 0.05) is 18.4 Å². The van der Waals surface area contributed by atoms with Crippen LogP contribution >= 0.6 is 0 Å². The molecule has 2 rings (SSSR count). The van der Waals surface area contributed by atoms with Gasteiger partial charge in [-0.25, -0.2) is 9.59 Å². The molecule has 0 radical (unpaired) electrons. The van der Waals surface area contributed by atoms with Crippen LogP contribution in [0.2, 0.25) is 0 Å². The summed E-state index contributed by atoms with van der Waals surface area (Å²) in [6, 6.07) is 6.90. The lowest BCUT2D eigenvalue weighted by Crippen LogP contribution is -2.27.